The minimum absolute atomic E-state index is 0.0544. The molecule has 1 unspecified atom stereocenters. The van der Waals surface area contributed by atoms with Gasteiger partial charge < -0.3 is 10.6 Å². The summed E-state index contributed by atoms with van der Waals surface area (Å²) in [5.74, 6) is 0.142. The van der Waals surface area contributed by atoms with E-state index in [9.17, 15) is 4.79 Å². The van der Waals surface area contributed by atoms with Crippen LogP contribution in [0, 0.1) is 0 Å². The molecule has 1 atom stereocenters. The molecule has 1 aliphatic rings. The summed E-state index contributed by atoms with van der Waals surface area (Å²) in [7, 11) is 0. The van der Waals surface area contributed by atoms with Crippen molar-refractivity contribution in [1.29, 1.82) is 0 Å². The van der Waals surface area contributed by atoms with Gasteiger partial charge in [-0.3, -0.25) is 4.79 Å². The number of rotatable bonds is 1. The Morgan fingerprint density at radius 1 is 1.67 bits per heavy atom. The van der Waals surface area contributed by atoms with Gasteiger partial charge in [0.2, 0.25) is 5.91 Å². The first-order valence-electron chi connectivity index (χ1n) is 3.35. The Labute approximate surface area is 54.8 Å². The largest absolute Gasteiger partial charge is 0.353 e. The topological polar surface area (TPSA) is 41.1 Å². The van der Waals surface area contributed by atoms with E-state index < -0.39 is 0 Å². The third-order valence-electron chi connectivity index (χ3n) is 1.54. The summed E-state index contributed by atoms with van der Waals surface area (Å²) in [5.41, 5.74) is 0. The van der Waals surface area contributed by atoms with Crippen LogP contribution in [0.2, 0.25) is 0 Å². The molecule has 0 aromatic carbocycles. The van der Waals surface area contributed by atoms with Gasteiger partial charge in [-0.15, -0.1) is 0 Å². The maximum atomic E-state index is 10.9. The zero-order chi connectivity index (χ0) is 6.69. The van der Waals surface area contributed by atoms with Crippen LogP contribution in [0.5, 0.6) is 0 Å². The predicted octanol–water partition coefficient (Wildman–Crippen LogP) is -0.516. The smallest absolute Gasteiger partial charge is 0.237 e. The Balaban J connectivity index is 2.39. The van der Waals surface area contributed by atoms with Gasteiger partial charge in [0.25, 0.3) is 0 Å². The van der Waals surface area contributed by atoms with Crippen LogP contribution in [0.15, 0.2) is 0 Å². The Kier molecular flexibility index (Phi) is 2.05. The molecule has 0 radical (unpaired) electrons. The normalized spacial score (nSPS) is 27.7. The van der Waals surface area contributed by atoms with Crippen molar-refractivity contribution in [3.63, 3.8) is 0 Å². The molecule has 2 N–H and O–H groups in total. The maximum absolute atomic E-state index is 10.9. The molecule has 0 aromatic rings. The van der Waals surface area contributed by atoms with E-state index in [1.165, 1.54) is 0 Å². The summed E-state index contributed by atoms with van der Waals surface area (Å²) >= 11 is 0. The van der Waals surface area contributed by atoms with Crippen molar-refractivity contribution >= 4 is 5.91 Å². The SMILES string of the molecule is CCC1NCCNC1=O. The Morgan fingerprint density at radius 2 is 2.44 bits per heavy atom. The van der Waals surface area contributed by atoms with Crippen LogP contribution < -0.4 is 10.6 Å². The monoisotopic (exact) mass is 128 g/mol. The highest BCUT2D eigenvalue weighted by Gasteiger charge is 2.17. The lowest BCUT2D eigenvalue weighted by Gasteiger charge is -2.21. The lowest BCUT2D eigenvalue weighted by molar-refractivity contribution is -0.124. The van der Waals surface area contributed by atoms with Gasteiger partial charge in [0.1, 0.15) is 0 Å². The van der Waals surface area contributed by atoms with E-state index in [0.29, 0.717) is 0 Å². The standard InChI is InChI=1S/C6H12N2O/c1-2-5-6(9)8-4-3-7-5/h5,7H,2-4H2,1H3,(H,8,9). The van der Waals surface area contributed by atoms with Crippen molar-refractivity contribution in [3.05, 3.63) is 0 Å². The van der Waals surface area contributed by atoms with Crippen LogP contribution in [0.3, 0.4) is 0 Å². The lowest BCUT2D eigenvalue weighted by atomic mass is 10.2. The Bertz CT molecular complexity index is 114. The minimum Gasteiger partial charge on any atom is -0.353 e. The molecule has 9 heavy (non-hydrogen) atoms. The number of hydrogen-bond donors (Lipinski definition) is 2. The minimum atomic E-state index is 0.0544. The van der Waals surface area contributed by atoms with Crippen LogP contribution in [-0.4, -0.2) is 25.0 Å². The molecule has 1 aliphatic heterocycles. The number of carbonyl (C=O) groups is 1. The average molecular weight is 128 g/mol. The first-order chi connectivity index (χ1) is 4.34. The number of carbonyl (C=O) groups excluding carboxylic acids is 1. The molecule has 0 bridgehead atoms. The summed E-state index contributed by atoms with van der Waals surface area (Å²) in [5, 5.41) is 5.89. The number of amides is 1. The summed E-state index contributed by atoms with van der Waals surface area (Å²) < 4.78 is 0. The van der Waals surface area contributed by atoms with Gasteiger partial charge in [-0.05, 0) is 6.42 Å². The molecule has 0 saturated carbocycles. The molecule has 1 amide bonds. The second-order valence-electron chi connectivity index (χ2n) is 2.21. The average Bonchev–Trinajstić information content (AvgIpc) is 1.89. The predicted molar refractivity (Wildman–Crippen MR) is 35.1 cm³/mol. The highest BCUT2D eigenvalue weighted by atomic mass is 16.2. The summed E-state index contributed by atoms with van der Waals surface area (Å²) in [6, 6.07) is 0.0544. The molecule has 0 aliphatic carbocycles. The van der Waals surface area contributed by atoms with Crippen LogP contribution in [0.25, 0.3) is 0 Å². The molecule has 1 rings (SSSR count). The molecule has 1 heterocycles. The summed E-state index contributed by atoms with van der Waals surface area (Å²) in [6.07, 6.45) is 0.881. The van der Waals surface area contributed by atoms with Crippen LogP contribution in [0.4, 0.5) is 0 Å². The van der Waals surface area contributed by atoms with E-state index >= 15 is 0 Å². The van der Waals surface area contributed by atoms with Crippen LogP contribution >= 0.6 is 0 Å². The fourth-order valence-corrected chi connectivity index (χ4v) is 0.978. The maximum Gasteiger partial charge on any atom is 0.237 e. The van der Waals surface area contributed by atoms with Crippen LogP contribution in [0.1, 0.15) is 13.3 Å². The highest BCUT2D eigenvalue weighted by molar-refractivity contribution is 5.82. The van der Waals surface area contributed by atoms with Gasteiger partial charge in [-0.25, -0.2) is 0 Å². The number of piperazine rings is 1. The molecule has 52 valence electrons. The third-order valence-corrected chi connectivity index (χ3v) is 1.54. The molecule has 1 fully saturated rings. The van der Waals surface area contributed by atoms with Crippen molar-refractivity contribution in [2.45, 2.75) is 19.4 Å². The van der Waals surface area contributed by atoms with Gasteiger partial charge in [-0.1, -0.05) is 6.92 Å². The van der Waals surface area contributed by atoms with Gasteiger partial charge >= 0.3 is 0 Å². The molecular formula is C6H12N2O. The van der Waals surface area contributed by atoms with E-state index in [1.54, 1.807) is 0 Å². The quantitative estimate of drug-likeness (QED) is 0.499. The number of nitrogens with one attached hydrogen (secondary N) is 2. The zero-order valence-corrected chi connectivity index (χ0v) is 5.61. The first kappa shape index (κ1) is 6.55. The van der Waals surface area contributed by atoms with Gasteiger partial charge in [-0.2, -0.15) is 0 Å². The molecule has 3 heteroatoms. The van der Waals surface area contributed by atoms with Gasteiger partial charge in [0.05, 0.1) is 6.04 Å². The van der Waals surface area contributed by atoms with Gasteiger partial charge in [0.15, 0.2) is 0 Å². The third kappa shape index (κ3) is 1.42. The van der Waals surface area contributed by atoms with E-state index in [-0.39, 0.29) is 11.9 Å². The second kappa shape index (κ2) is 2.82. The van der Waals surface area contributed by atoms with E-state index in [4.69, 9.17) is 0 Å². The zero-order valence-electron chi connectivity index (χ0n) is 5.61. The Hall–Kier alpha value is -0.570. The van der Waals surface area contributed by atoms with Crippen molar-refractivity contribution in [2.75, 3.05) is 13.1 Å². The van der Waals surface area contributed by atoms with Gasteiger partial charge in [0, 0.05) is 13.1 Å². The fraction of sp³-hybridized carbons (Fsp3) is 0.833. The van der Waals surface area contributed by atoms with Crippen molar-refractivity contribution in [1.82, 2.24) is 10.6 Å². The van der Waals surface area contributed by atoms with E-state index in [0.717, 1.165) is 19.5 Å². The lowest BCUT2D eigenvalue weighted by Crippen LogP contribution is -2.52. The second-order valence-corrected chi connectivity index (χ2v) is 2.21. The highest BCUT2D eigenvalue weighted by Crippen LogP contribution is 1.92. The van der Waals surface area contributed by atoms with Crippen molar-refractivity contribution in [2.24, 2.45) is 0 Å². The molecule has 3 nitrogen and oxygen atoms in total. The fourth-order valence-electron chi connectivity index (χ4n) is 0.978. The molecular weight excluding hydrogens is 116 g/mol. The van der Waals surface area contributed by atoms with E-state index in [2.05, 4.69) is 10.6 Å². The Morgan fingerprint density at radius 3 is 2.89 bits per heavy atom. The van der Waals surface area contributed by atoms with Crippen molar-refractivity contribution < 1.29 is 4.79 Å². The summed E-state index contributed by atoms with van der Waals surface area (Å²) in [6.45, 7) is 3.68. The van der Waals surface area contributed by atoms with E-state index in [1.807, 2.05) is 6.92 Å². The van der Waals surface area contributed by atoms with Crippen molar-refractivity contribution in [3.8, 4) is 0 Å². The molecule has 1 saturated heterocycles. The molecule has 0 spiro atoms. The van der Waals surface area contributed by atoms with Crippen LogP contribution in [-0.2, 0) is 4.79 Å². The first-order valence-corrected chi connectivity index (χ1v) is 3.35. The molecule has 0 aromatic heterocycles. The summed E-state index contributed by atoms with van der Waals surface area (Å²) in [4.78, 5) is 10.9. The number of hydrogen-bond acceptors (Lipinski definition) is 2.